The molecule has 8 heteroatoms. The highest BCUT2D eigenvalue weighted by atomic mass is 79.9. The van der Waals surface area contributed by atoms with Crippen molar-refractivity contribution in [3.8, 4) is 0 Å². The zero-order valence-corrected chi connectivity index (χ0v) is 15.6. The van der Waals surface area contributed by atoms with Crippen LogP contribution in [0.5, 0.6) is 0 Å². The summed E-state index contributed by atoms with van der Waals surface area (Å²) >= 11 is 6.47. The molecule has 2 rings (SSSR count). The van der Waals surface area contributed by atoms with Gasteiger partial charge in [0.25, 0.3) is 10.0 Å². The molecule has 0 amide bonds. The number of hydrogen-bond donors (Lipinski definition) is 0. The summed E-state index contributed by atoms with van der Waals surface area (Å²) in [6.07, 6.45) is 0.917. The van der Waals surface area contributed by atoms with Gasteiger partial charge in [0.05, 0.1) is 3.79 Å². The highest BCUT2D eigenvalue weighted by molar-refractivity contribution is 9.11. The van der Waals surface area contributed by atoms with Crippen LogP contribution in [0, 0.1) is 0 Å². The number of hydrogen-bond acceptors (Lipinski definition) is 5. The number of rotatable bonds is 4. The van der Waals surface area contributed by atoms with Gasteiger partial charge in [-0.3, -0.25) is 0 Å². The van der Waals surface area contributed by atoms with Crippen LogP contribution in [0.25, 0.3) is 0 Å². The fourth-order valence-corrected chi connectivity index (χ4v) is 7.19. The predicted octanol–water partition coefficient (Wildman–Crippen LogP) is 2.57. The number of thioether (sulfide) groups is 1. The topological polar surface area (TPSA) is 40.6 Å². The maximum atomic E-state index is 12.8. The lowest BCUT2D eigenvalue weighted by Gasteiger charge is -2.30. The van der Waals surface area contributed by atoms with Crippen LogP contribution in [-0.4, -0.2) is 62.4 Å². The van der Waals surface area contributed by atoms with E-state index in [2.05, 4.69) is 20.8 Å². The minimum Gasteiger partial charge on any atom is -0.308 e. The van der Waals surface area contributed by atoms with Gasteiger partial charge >= 0.3 is 0 Å². The molecule has 0 saturated carbocycles. The van der Waals surface area contributed by atoms with Crippen molar-refractivity contribution in [3.63, 3.8) is 0 Å². The van der Waals surface area contributed by atoms with Crippen molar-refractivity contribution in [1.29, 1.82) is 0 Å². The second kappa shape index (κ2) is 7.11. The molecule has 1 fully saturated rings. The van der Waals surface area contributed by atoms with Gasteiger partial charge in [-0.05, 0) is 54.3 Å². The van der Waals surface area contributed by atoms with E-state index in [1.807, 2.05) is 25.9 Å². The van der Waals surface area contributed by atoms with Gasteiger partial charge in [0.1, 0.15) is 4.21 Å². The Balaban J connectivity index is 2.29. The Bertz CT molecular complexity index is 545. The van der Waals surface area contributed by atoms with E-state index in [0.717, 1.165) is 28.3 Å². The molecule has 0 spiro atoms. The van der Waals surface area contributed by atoms with E-state index in [1.165, 1.54) is 11.3 Å². The quantitative estimate of drug-likeness (QED) is 0.781. The van der Waals surface area contributed by atoms with Crippen LogP contribution < -0.4 is 0 Å². The third-order valence-electron chi connectivity index (χ3n) is 3.07. The number of halogens is 1. The van der Waals surface area contributed by atoms with Crippen LogP contribution in [0.2, 0.25) is 0 Å². The maximum Gasteiger partial charge on any atom is 0.252 e. The Kier molecular flexibility index (Phi) is 5.96. The van der Waals surface area contributed by atoms with E-state index in [1.54, 1.807) is 16.4 Å². The minimum absolute atomic E-state index is 0.0448. The Morgan fingerprint density at radius 2 is 2.20 bits per heavy atom. The molecule has 1 aromatic heterocycles. The van der Waals surface area contributed by atoms with Gasteiger partial charge in [-0.25, -0.2) is 8.42 Å². The first-order valence-electron chi connectivity index (χ1n) is 6.41. The third-order valence-corrected chi connectivity index (χ3v) is 8.31. The van der Waals surface area contributed by atoms with E-state index in [4.69, 9.17) is 0 Å². The Labute approximate surface area is 137 Å². The molecule has 0 N–H and O–H groups in total. The van der Waals surface area contributed by atoms with Crippen molar-refractivity contribution in [1.82, 2.24) is 9.21 Å². The lowest BCUT2D eigenvalue weighted by molar-refractivity contribution is 0.271. The molecule has 1 saturated heterocycles. The molecule has 20 heavy (non-hydrogen) atoms. The molecular weight excluding hydrogens is 380 g/mol. The van der Waals surface area contributed by atoms with Crippen molar-refractivity contribution >= 4 is 49.1 Å². The normalized spacial score (nSPS) is 22.1. The van der Waals surface area contributed by atoms with Gasteiger partial charge in [-0.1, -0.05) is 0 Å². The molecule has 0 bridgehead atoms. The summed E-state index contributed by atoms with van der Waals surface area (Å²) in [6.45, 7) is 1.38. The Hall–Kier alpha value is 0.400. The molecule has 0 radical (unpaired) electrons. The highest BCUT2D eigenvalue weighted by Crippen LogP contribution is 2.31. The second-order valence-corrected chi connectivity index (χ2v) is 10.7. The number of nitrogens with zero attached hydrogens (tertiary/aromatic N) is 2. The van der Waals surface area contributed by atoms with Crippen molar-refractivity contribution in [2.24, 2.45) is 0 Å². The van der Waals surface area contributed by atoms with Gasteiger partial charge in [-0.2, -0.15) is 16.1 Å². The van der Waals surface area contributed by atoms with Crippen molar-refractivity contribution in [2.45, 2.75) is 16.7 Å². The predicted molar refractivity (Wildman–Crippen MR) is 90.2 cm³/mol. The first kappa shape index (κ1) is 16.8. The minimum atomic E-state index is -3.38. The summed E-state index contributed by atoms with van der Waals surface area (Å²) in [4.78, 5) is 2.06. The van der Waals surface area contributed by atoms with E-state index in [0.29, 0.717) is 10.8 Å². The van der Waals surface area contributed by atoms with Crippen molar-refractivity contribution in [2.75, 3.05) is 38.7 Å². The third kappa shape index (κ3) is 3.98. The SMILES string of the molecule is CN(C)C[C@@H]1CSCCCN1S(=O)(=O)c1ccc(Br)s1. The zero-order chi connectivity index (χ0) is 14.8. The Morgan fingerprint density at radius 3 is 2.80 bits per heavy atom. The van der Waals surface area contributed by atoms with E-state index < -0.39 is 10.0 Å². The van der Waals surface area contributed by atoms with Crippen molar-refractivity contribution < 1.29 is 8.42 Å². The fraction of sp³-hybridized carbons (Fsp3) is 0.667. The van der Waals surface area contributed by atoms with E-state index >= 15 is 0 Å². The largest absolute Gasteiger partial charge is 0.308 e. The van der Waals surface area contributed by atoms with Crippen LogP contribution >= 0.6 is 39.0 Å². The summed E-state index contributed by atoms with van der Waals surface area (Å²) in [5, 5.41) is 0. The highest BCUT2D eigenvalue weighted by Gasteiger charge is 2.33. The van der Waals surface area contributed by atoms with Crippen molar-refractivity contribution in [3.05, 3.63) is 15.9 Å². The first-order chi connectivity index (χ1) is 9.41. The fourth-order valence-electron chi connectivity index (χ4n) is 2.24. The number of likely N-dealkylation sites (N-methyl/N-ethyl adjacent to an activating group) is 1. The molecule has 0 unspecified atom stereocenters. The van der Waals surface area contributed by atoms with Crippen LogP contribution in [-0.2, 0) is 10.0 Å². The molecule has 1 aromatic rings. The van der Waals surface area contributed by atoms with Gasteiger partial charge in [0, 0.05) is 24.9 Å². The molecule has 2 heterocycles. The van der Waals surface area contributed by atoms with Crippen LogP contribution in [0.4, 0.5) is 0 Å². The molecular formula is C12H19BrN2O2S3. The molecule has 1 aliphatic heterocycles. The lowest BCUT2D eigenvalue weighted by Crippen LogP contribution is -2.46. The monoisotopic (exact) mass is 398 g/mol. The van der Waals surface area contributed by atoms with Gasteiger partial charge in [-0.15, -0.1) is 11.3 Å². The summed E-state index contributed by atoms with van der Waals surface area (Å²) in [6, 6.07) is 3.53. The number of sulfonamides is 1. The molecule has 1 aliphatic rings. The van der Waals surface area contributed by atoms with Gasteiger partial charge in [0.2, 0.25) is 0 Å². The van der Waals surface area contributed by atoms with Crippen LogP contribution in [0.1, 0.15) is 6.42 Å². The molecule has 0 aliphatic carbocycles. The summed E-state index contributed by atoms with van der Waals surface area (Å²) in [5.74, 6) is 1.90. The first-order valence-corrected chi connectivity index (χ1v) is 10.6. The standard InChI is InChI=1S/C12H19BrN2O2S3/c1-14(2)8-10-9-18-7-3-6-15(10)20(16,17)12-5-4-11(13)19-12/h4-5,10H,3,6-9H2,1-2H3/t10-/m1/s1. The molecule has 0 aromatic carbocycles. The second-order valence-electron chi connectivity index (χ2n) is 5.02. The van der Waals surface area contributed by atoms with E-state index in [9.17, 15) is 8.42 Å². The number of thiophene rings is 1. The molecule has 4 nitrogen and oxygen atoms in total. The average Bonchev–Trinajstić information content (AvgIpc) is 2.66. The van der Waals surface area contributed by atoms with Gasteiger partial charge < -0.3 is 4.90 Å². The summed E-state index contributed by atoms with van der Waals surface area (Å²) < 4.78 is 28.6. The van der Waals surface area contributed by atoms with Crippen LogP contribution in [0.3, 0.4) is 0 Å². The van der Waals surface area contributed by atoms with Gasteiger partial charge in [0.15, 0.2) is 0 Å². The molecule has 114 valence electrons. The van der Waals surface area contributed by atoms with Crippen LogP contribution in [0.15, 0.2) is 20.1 Å². The molecule has 1 atom stereocenters. The average molecular weight is 399 g/mol. The maximum absolute atomic E-state index is 12.8. The zero-order valence-electron chi connectivity index (χ0n) is 11.6. The summed E-state index contributed by atoms with van der Waals surface area (Å²) in [7, 11) is 0.599. The summed E-state index contributed by atoms with van der Waals surface area (Å²) in [5.41, 5.74) is 0. The van der Waals surface area contributed by atoms with E-state index in [-0.39, 0.29) is 6.04 Å². The Morgan fingerprint density at radius 1 is 1.45 bits per heavy atom. The lowest BCUT2D eigenvalue weighted by atomic mass is 10.3. The smallest absolute Gasteiger partial charge is 0.252 e.